The van der Waals surface area contributed by atoms with Crippen LogP contribution in [0.25, 0.3) is 22.3 Å². The number of alkyl halides is 6. The molecule has 3 aromatic rings. The summed E-state index contributed by atoms with van der Waals surface area (Å²) < 4.78 is 78.4. The third-order valence-corrected chi connectivity index (χ3v) is 3.81. The van der Waals surface area contributed by atoms with Gasteiger partial charge in [0.15, 0.2) is 0 Å². The predicted octanol–water partition coefficient (Wildman–Crippen LogP) is 6.45. The zero-order valence-corrected chi connectivity index (χ0v) is 13.1. The van der Waals surface area contributed by atoms with Crippen LogP contribution in [0.4, 0.5) is 26.3 Å². The summed E-state index contributed by atoms with van der Waals surface area (Å²) in [4.78, 5) is 3.94. The number of halogens is 6. The Morgan fingerprint density at radius 3 is 1.88 bits per heavy atom. The van der Waals surface area contributed by atoms with Gasteiger partial charge in [0.05, 0.1) is 11.1 Å². The Hall–Kier alpha value is -2.83. The summed E-state index contributed by atoms with van der Waals surface area (Å²) in [5.41, 5.74) is -1.65. The van der Waals surface area contributed by atoms with Crippen LogP contribution in [-0.4, -0.2) is 4.98 Å². The van der Waals surface area contributed by atoms with Gasteiger partial charge in [0, 0.05) is 23.5 Å². The summed E-state index contributed by atoms with van der Waals surface area (Å²) >= 11 is 0. The molecule has 0 amide bonds. The van der Waals surface area contributed by atoms with Crippen molar-refractivity contribution in [1.29, 1.82) is 0 Å². The Balaban J connectivity index is 2.15. The molecule has 0 unspecified atom stereocenters. The van der Waals surface area contributed by atoms with Gasteiger partial charge in [-0.1, -0.05) is 36.4 Å². The third kappa shape index (κ3) is 3.71. The van der Waals surface area contributed by atoms with Crippen molar-refractivity contribution in [2.75, 3.05) is 0 Å². The Morgan fingerprint density at radius 1 is 0.615 bits per heavy atom. The normalized spacial score (nSPS) is 12.2. The van der Waals surface area contributed by atoms with Crippen LogP contribution in [0.15, 0.2) is 67.0 Å². The lowest BCUT2D eigenvalue weighted by atomic mass is 9.96. The first-order chi connectivity index (χ1) is 12.2. The Labute approximate surface area is 144 Å². The van der Waals surface area contributed by atoms with Crippen LogP contribution in [0.3, 0.4) is 0 Å². The summed E-state index contributed by atoms with van der Waals surface area (Å²) in [6, 6.07) is 11.9. The lowest BCUT2D eigenvalue weighted by Gasteiger charge is -2.16. The van der Waals surface area contributed by atoms with E-state index in [1.807, 2.05) is 0 Å². The van der Waals surface area contributed by atoms with Gasteiger partial charge >= 0.3 is 12.4 Å². The van der Waals surface area contributed by atoms with Gasteiger partial charge in [0.2, 0.25) is 0 Å². The monoisotopic (exact) mass is 367 g/mol. The quantitative estimate of drug-likeness (QED) is 0.474. The van der Waals surface area contributed by atoms with E-state index in [-0.39, 0.29) is 17.2 Å². The summed E-state index contributed by atoms with van der Waals surface area (Å²) in [6.45, 7) is 0. The molecule has 0 fully saturated rings. The molecular formula is C19H11F6N. The maximum atomic E-state index is 13.3. The fourth-order valence-corrected chi connectivity index (χ4v) is 2.58. The van der Waals surface area contributed by atoms with Crippen LogP contribution in [-0.2, 0) is 12.4 Å². The highest BCUT2D eigenvalue weighted by Gasteiger charge is 2.38. The van der Waals surface area contributed by atoms with Crippen molar-refractivity contribution in [2.45, 2.75) is 12.4 Å². The summed E-state index contributed by atoms with van der Waals surface area (Å²) in [7, 11) is 0. The first-order valence-corrected chi connectivity index (χ1v) is 7.45. The van der Waals surface area contributed by atoms with Crippen LogP contribution < -0.4 is 0 Å². The smallest absolute Gasteiger partial charge is 0.263 e. The van der Waals surface area contributed by atoms with Crippen LogP contribution in [0.2, 0.25) is 0 Å². The van der Waals surface area contributed by atoms with Crippen molar-refractivity contribution < 1.29 is 26.3 Å². The minimum absolute atomic E-state index is 0.0902. The molecule has 0 aliphatic rings. The number of benzene rings is 2. The number of nitrogens with zero attached hydrogens (tertiary/aromatic N) is 1. The minimum atomic E-state index is -4.93. The molecule has 0 aliphatic heterocycles. The molecule has 0 aliphatic carbocycles. The van der Waals surface area contributed by atoms with E-state index in [4.69, 9.17) is 0 Å². The second-order valence-electron chi connectivity index (χ2n) is 5.58. The average Bonchev–Trinajstić information content (AvgIpc) is 2.60. The number of pyridine rings is 1. The lowest BCUT2D eigenvalue weighted by Crippen LogP contribution is -2.12. The molecule has 0 N–H and O–H groups in total. The summed E-state index contributed by atoms with van der Waals surface area (Å²) in [6.07, 6.45) is -7.11. The minimum Gasteiger partial charge on any atom is -0.263 e. The second kappa shape index (κ2) is 6.48. The lowest BCUT2D eigenvalue weighted by molar-refractivity contribution is -0.142. The number of hydrogen-bond donors (Lipinski definition) is 0. The van der Waals surface area contributed by atoms with Gasteiger partial charge in [-0.2, -0.15) is 26.3 Å². The van der Waals surface area contributed by atoms with Gasteiger partial charge < -0.3 is 0 Å². The van der Waals surface area contributed by atoms with Crippen LogP contribution in [0, 0.1) is 0 Å². The molecule has 7 heteroatoms. The molecule has 0 saturated heterocycles. The van der Waals surface area contributed by atoms with E-state index in [0.717, 1.165) is 11.6 Å². The molecule has 3 rings (SSSR count). The maximum absolute atomic E-state index is 13.3. The van der Waals surface area contributed by atoms with Gasteiger partial charge in [-0.25, -0.2) is 0 Å². The zero-order valence-electron chi connectivity index (χ0n) is 13.1. The highest BCUT2D eigenvalue weighted by molar-refractivity contribution is 5.74. The van der Waals surface area contributed by atoms with E-state index in [2.05, 4.69) is 4.98 Å². The molecule has 0 bridgehead atoms. The van der Waals surface area contributed by atoms with Crippen molar-refractivity contribution >= 4 is 0 Å². The molecule has 0 spiro atoms. The first-order valence-electron chi connectivity index (χ1n) is 7.45. The molecule has 2 aromatic carbocycles. The molecule has 1 nitrogen and oxygen atoms in total. The van der Waals surface area contributed by atoms with Crippen molar-refractivity contribution in [1.82, 2.24) is 4.98 Å². The van der Waals surface area contributed by atoms with Gasteiger partial charge in [0.25, 0.3) is 0 Å². The fraction of sp³-hybridized carbons (Fsp3) is 0.105. The van der Waals surface area contributed by atoms with Gasteiger partial charge in [-0.05, 0) is 29.3 Å². The second-order valence-corrected chi connectivity index (χ2v) is 5.58. The molecule has 0 radical (unpaired) electrons. The van der Waals surface area contributed by atoms with E-state index in [9.17, 15) is 26.3 Å². The van der Waals surface area contributed by atoms with E-state index < -0.39 is 23.5 Å². The van der Waals surface area contributed by atoms with E-state index in [0.29, 0.717) is 11.6 Å². The van der Waals surface area contributed by atoms with E-state index in [1.54, 1.807) is 30.3 Å². The SMILES string of the molecule is FC(F)(F)c1ccc(-c2cncc(-c3ccccc3)c2)c(C(F)(F)F)c1. The largest absolute Gasteiger partial charge is 0.417 e. The highest BCUT2D eigenvalue weighted by Crippen LogP contribution is 2.41. The summed E-state index contributed by atoms with van der Waals surface area (Å²) in [5.74, 6) is 0. The Morgan fingerprint density at radius 2 is 1.27 bits per heavy atom. The third-order valence-electron chi connectivity index (χ3n) is 3.81. The Kier molecular flexibility index (Phi) is 4.48. The molecule has 26 heavy (non-hydrogen) atoms. The molecular weight excluding hydrogens is 356 g/mol. The number of aromatic nitrogens is 1. The topological polar surface area (TPSA) is 12.9 Å². The molecule has 134 valence electrons. The molecule has 1 heterocycles. The van der Waals surface area contributed by atoms with E-state index in [1.165, 1.54) is 18.5 Å². The number of hydrogen-bond acceptors (Lipinski definition) is 1. The highest BCUT2D eigenvalue weighted by atomic mass is 19.4. The predicted molar refractivity (Wildman–Crippen MR) is 85.1 cm³/mol. The molecule has 0 atom stereocenters. The Bertz CT molecular complexity index is 913. The van der Waals surface area contributed by atoms with E-state index >= 15 is 0 Å². The van der Waals surface area contributed by atoms with Gasteiger partial charge in [-0.3, -0.25) is 4.98 Å². The maximum Gasteiger partial charge on any atom is 0.417 e. The zero-order chi connectivity index (χ0) is 18.9. The van der Waals surface area contributed by atoms with Crippen LogP contribution >= 0.6 is 0 Å². The van der Waals surface area contributed by atoms with Crippen molar-refractivity contribution in [3.05, 3.63) is 78.1 Å². The van der Waals surface area contributed by atoms with Crippen LogP contribution in [0.1, 0.15) is 11.1 Å². The molecule has 0 saturated carbocycles. The average molecular weight is 367 g/mol. The first kappa shape index (κ1) is 18.0. The fourth-order valence-electron chi connectivity index (χ4n) is 2.58. The van der Waals surface area contributed by atoms with Crippen molar-refractivity contribution in [3.8, 4) is 22.3 Å². The summed E-state index contributed by atoms with van der Waals surface area (Å²) in [5, 5.41) is 0. The van der Waals surface area contributed by atoms with Crippen molar-refractivity contribution in [3.63, 3.8) is 0 Å². The standard InChI is InChI=1S/C19H11F6N/c20-18(21,22)15-6-7-16(17(9-15)19(23,24)25)14-8-13(10-26-11-14)12-4-2-1-3-5-12/h1-11H. The van der Waals surface area contributed by atoms with Gasteiger partial charge in [-0.15, -0.1) is 0 Å². The van der Waals surface area contributed by atoms with Crippen LogP contribution in [0.5, 0.6) is 0 Å². The van der Waals surface area contributed by atoms with Gasteiger partial charge in [0.1, 0.15) is 0 Å². The van der Waals surface area contributed by atoms with Crippen molar-refractivity contribution in [2.24, 2.45) is 0 Å². The molecule has 1 aromatic heterocycles. The number of rotatable bonds is 2.